The van der Waals surface area contributed by atoms with Crippen LogP contribution >= 0.6 is 0 Å². The van der Waals surface area contributed by atoms with E-state index >= 15 is 0 Å². The molecule has 0 saturated carbocycles. The molecule has 1 heterocycles. The molecule has 0 radical (unpaired) electrons. The number of anilines is 2. The lowest BCUT2D eigenvalue weighted by Gasteiger charge is -2.19. The van der Waals surface area contributed by atoms with E-state index in [2.05, 4.69) is 0 Å². The highest BCUT2D eigenvalue weighted by Gasteiger charge is 2.30. The number of benzene rings is 2. The highest BCUT2D eigenvalue weighted by atomic mass is 32.2. The molecule has 2 amide bonds. The number of aryl methyl sites for hydroxylation is 1. The van der Waals surface area contributed by atoms with E-state index < -0.39 is 9.84 Å². The van der Waals surface area contributed by atoms with E-state index in [0.29, 0.717) is 18.8 Å². The molecule has 5 nitrogen and oxygen atoms in total. The number of carbonyl (C=O) groups is 1. The lowest BCUT2D eigenvalue weighted by atomic mass is 10.2. The van der Waals surface area contributed by atoms with Crippen LogP contribution in [0, 0.1) is 6.92 Å². The van der Waals surface area contributed by atoms with Crippen molar-refractivity contribution in [2.45, 2.75) is 11.8 Å². The molecule has 2 aromatic carbocycles. The van der Waals surface area contributed by atoms with Gasteiger partial charge in [0.1, 0.15) is 0 Å². The monoisotopic (exact) mass is 330 g/mol. The lowest BCUT2D eigenvalue weighted by molar-refractivity contribution is 0.256. The van der Waals surface area contributed by atoms with Crippen LogP contribution in [-0.4, -0.2) is 33.8 Å². The summed E-state index contributed by atoms with van der Waals surface area (Å²) in [6.45, 7) is 3.19. The standard InChI is InChI=1S/C17H18N2O3S/c1-13-3-5-14(6-4-13)18-11-12-19(17(18)20)15-7-9-16(10-8-15)23(2,21)22/h3-10H,11-12H2,1-2H3. The molecule has 23 heavy (non-hydrogen) atoms. The number of sulfone groups is 1. The molecule has 1 saturated heterocycles. The van der Waals surface area contributed by atoms with Gasteiger partial charge in [0.05, 0.1) is 4.90 Å². The normalized spacial score (nSPS) is 15.3. The Morgan fingerprint density at radius 3 is 1.70 bits per heavy atom. The molecule has 3 rings (SSSR count). The van der Waals surface area contributed by atoms with E-state index in [1.165, 1.54) is 18.4 Å². The molecule has 0 spiro atoms. The van der Waals surface area contributed by atoms with Crippen LogP contribution in [0.3, 0.4) is 0 Å². The summed E-state index contributed by atoms with van der Waals surface area (Å²) in [4.78, 5) is 16.2. The fourth-order valence-electron chi connectivity index (χ4n) is 2.61. The van der Waals surface area contributed by atoms with Gasteiger partial charge in [-0.05, 0) is 43.3 Å². The Hall–Kier alpha value is -2.34. The SMILES string of the molecule is Cc1ccc(N2CCN(c3ccc(S(C)(=O)=O)cc3)C2=O)cc1. The molecule has 6 heteroatoms. The van der Waals surface area contributed by atoms with Crippen molar-refractivity contribution >= 4 is 27.2 Å². The van der Waals surface area contributed by atoms with Crippen molar-refractivity contribution < 1.29 is 13.2 Å². The predicted molar refractivity (Wildman–Crippen MR) is 90.8 cm³/mol. The van der Waals surface area contributed by atoms with Crippen LogP contribution < -0.4 is 9.80 Å². The minimum atomic E-state index is -3.23. The smallest absolute Gasteiger partial charge is 0.292 e. The zero-order chi connectivity index (χ0) is 16.6. The second kappa shape index (κ2) is 5.70. The number of hydrogen-bond donors (Lipinski definition) is 0. The van der Waals surface area contributed by atoms with Gasteiger partial charge in [-0.3, -0.25) is 9.80 Å². The average Bonchev–Trinajstić information content (AvgIpc) is 2.89. The van der Waals surface area contributed by atoms with Crippen molar-refractivity contribution in [3.05, 3.63) is 54.1 Å². The van der Waals surface area contributed by atoms with Gasteiger partial charge in [0.25, 0.3) is 0 Å². The Balaban J connectivity index is 1.83. The van der Waals surface area contributed by atoms with Crippen LogP contribution in [0.4, 0.5) is 16.2 Å². The molecule has 0 aliphatic carbocycles. The average molecular weight is 330 g/mol. The summed E-state index contributed by atoms with van der Waals surface area (Å²) in [5.74, 6) is 0. The fraction of sp³-hybridized carbons (Fsp3) is 0.235. The van der Waals surface area contributed by atoms with E-state index in [1.807, 2.05) is 31.2 Å². The van der Waals surface area contributed by atoms with Crippen molar-refractivity contribution in [2.24, 2.45) is 0 Å². The first-order valence-corrected chi connectivity index (χ1v) is 9.21. The third-order valence-corrected chi connectivity index (χ3v) is 5.06. The van der Waals surface area contributed by atoms with Crippen LogP contribution in [-0.2, 0) is 9.84 Å². The Bertz CT molecular complexity index is 827. The van der Waals surface area contributed by atoms with Gasteiger partial charge >= 0.3 is 6.03 Å². The minimum absolute atomic E-state index is 0.0963. The highest BCUT2D eigenvalue weighted by molar-refractivity contribution is 7.90. The maximum Gasteiger partial charge on any atom is 0.329 e. The van der Waals surface area contributed by atoms with E-state index in [9.17, 15) is 13.2 Å². The third kappa shape index (κ3) is 3.07. The molecule has 1 aliphatic rings. The Kier molecular flexibility index (Phi) is 3.85. The number of rotatable bonds is 3. The quantitative estimate of drug-likeness (QED) is 0.869. The summed E-state index contributed by atoms with van der Waals surface area (Å²) in [5, 5.41) is 0. The molecule has 120 valence electrons. The summed E-state index contributed by atoms with van der Waals surface area (Å²) in [6.07, 6.45) is 1.17. The molecule has 0 aromatic heterocycles. The predicted octanol–water partition coefficient (Wildman–Crippen LogP) is 2.85. The number of urea groups is 1. The molecule has 1 aliphatic heterocycles. The van der Waals surface area contributed by atoms with Crippen LogP contribution in [0.2, 0.25) is 0 Å². The van der Waals surface area contributed by atoms with Gasteiger partial charge in [-0.2, -0.15) is 0 Å². The molecule has 0 atom stereocenters. The van der Waals surface area contributed by atoms with Crippen molar-refractivity contribution in [3.63, 3.8) is 0 Å². The Labute approximate surface area is 136 Å². The van der Waals surface area contributed by atoms with Gasteiger partial charge in [-0.1, -0.05) is 17.7 Å². The van der Waals surface area contributed by atoms with Crippen LogP contribution in [0.5, 0.6) is 0 Å². The van der Waals surface area contributed by atoms with Crippen molar-refractivity contribution in [2.75, 3.05) is 29.1 Å². The van der Waals surface area contributed by atoms with Gasteiger partial charge in [-0.15, -0.1) is 0 Å². The zero-order valence-electron chi connectivity index (χ0n) is 13.1. The largest absolute Gasteiger partial charge is 0.329 e. The topological polar surface area (TPSA) is 57.7 Å². The number of hydrogen-bond acceptors (Lipinski definition) is 3. The van der Waals surface area contributed by atoms with Crippen LogP contribution in [0.15, 0.2) is 53.4 Å². The second-order valence-corrected chi connectivity index (χ2v) is 7.70. The second-order valence-electron chi connectivity index (χ2n) is 5.69. The van der Waals surface area contributed by atoms with Crippen molar-refractivity contribution in [3.8, 4) is 0 Å². The summed E-state index contributed by atoms with van der Waals surface area (Å²) in [6, 6.07) is 14.1. The third-order valence-electron chi connectivity index (χ3n) is 3.93. The van der Waals surface area contributed by atoms with Crippen LogP contribution in [0.25, 0.3) is 0 Å². The van der Waals surface area contributed by atoms with E-state index in [0.717, 1.165) is 11.3 Å². The highest BCUT2D eigenvalue weighted by Crippen LogP contribution is 2.26. The number of carbonyl (C=O) groups excluding carboxylic acids is 1. The summed E-state index contributed by atoms with van der Waals surface area (Å²) < 4.78 is 23.0. The summed E-state index contributed by atoms with van der Waals surface area (Å²) >= 11 is 0. The lowest BCUT2D eigenvalue weighted by Crippen LogP contribution is -2.31. The molecule has 2 aromatic rings. The minimum Gasteiger partial charge on any atom is -0.292 e. The molecular formula is C17H18N2O3S. The number of amides is 2. The zero-order valence-corrected chi connectivity index (χ0v) is 13.9. The van der Waals surface area contributed by atoms with E-state index in [4.69, 9.17) is 0 Å². The van der Waals surface area contributed by atoms with Crippen LogP contribution in [0.1, 0.15) is 5.56 Å². The van der Waals surface area contributed by atoms with Crippen molar-refractivity contribution in [1.29, 1.82) is 0 Å². The van der Waals surface area contributed by atoms with Gasteiger partial charge in [-0.25, -0.2) is 13.2 Å². The first kappa shape index (κ1) is 15.6. The van der Waals surface area contributed by atoms with E-state index in [-0.39, 0.29) is 10.9 Å². The summed E-state index contributed by atoms with van der Waals surface area (Å²) in [7, 11) is -3.23. The molecule has 0 N–H and O–H groups in total. The molecular weight excluding hydrogens is 312 g/mol. The maximum atomic E-state index is 12.6. The first-order valence-electron chi connectivity index (χ1n) is 7.32. The number of nitrogens with zero attached hydrogens (tertiary/aromatic N) is 2. The molecule has 0 bridgehead atoms. The van der Waals surface area contributed by atoms with Gasteiger partial charge in [0.15, 0.2) is 9.84 Å². The molecule has 0 unspecified atom stereocenters. The van der Waals surface area contributed by atoms with Gasteiger partial charge in [0, 0.05) is 30.7 Å². The van der Waals surface area contributed by atoms with Gasteiger partial charge < -0.3 is 0 Å². The Morgan fingerprint density at radius 1 is 0.826 bits per heavy atom. The Morgan fingerprint density at radius 2 is 1.26 bits per heavy atom. The summed E-state index contributed by atoms with van der Waals surface area (Å²) in [5.41, 5.74) is 2.72. The van der Waals surface area contributed by atoms with Gasteiger partial charge in [0.2, 0.25) is 0 Å². The first-order chi connectivity index (χ1) is 10.9. The molecule has 1 fully saturated rings. The van der Waals surface area contributed by atoms with E-state index in [1.54, 1.807) is 21.9 Å². The fourth-order valence-corrected chi connectivity index (χ4v) is 3.24. The van der Waals surface area contributed by atoms with Crippen molar-refractivity contribution in [1.82, 2.24) is 0 Å². The maximum absolute atomic E-state index is 12.6.